The van der Waals surface area contributed by atoms with E-state index in [1.54, 1.807) is 0 Å². The van der Waals surface area contributed by atoms with E-state index in [4.69, 9.17) is 16.3 Å². The molecule has 0 unspecified atom stereocenters. The van der Waals surface area contributed by atoms with E-state index in [-0.39, 0.29) is 11.9 Å². The second-order valence-electron chi connectivity index (χ2n) is 7.01. The molecule has 0 spiro atoms. The summed E-state index contributed by atoms with van der Waals surface area (Å²) in [5, 5.41) is 3.96. The van der Waals surface area contributed by atoms with Gasteiger partial charge in [0.15, 0.2) is 0 Å². The Bertz CT molecular complexity index is 806. The highest BCUT2D eigenvalue weighted by Gasteiger charge is 2.25. The van der Waals surface area contributed by atoms with E-state index in [0.29, 0.717) is 13.2 Å². The SMILES string of the molecule is O=C(CN1CCN(c2ccccc2Cl)CC1)N[C@H]1CCOc2ccccc21. The number of carbonyl (C=O) groups excluding carboxylic acids is 1. The lowest BCUT2D eigenvalue weighted by Gasteiger charge is -2.36. The van der Waals surface area contributed by atoms with Crippen LogP contribution in [0.15, 0.2) is 48.5 Å². The maximum Gasteiger partial charge on any atom is 0.234 e. The van der Waals surface area contributed by atoms with Gasteiger partial charge in [-0.3, -0.25) is 9.69 Å². The number of anilines is 1. The molecular formula is C21H24ClN3O2. The van der Waals surface area contributed by atoms with Crippen LogP contribution in [0.2, 0.25) is 5.02 Å². The topological polar surface area (TPSA) is 44.8 Å². The number of benzene rings is 2. The number of hydrogen-bond acceptors (Lipinski definition) is 4. The molecule has 1 N–H and O–H groups in total. The monoisotopic (exact) mass is 385 g/mol. The molecular weight excluding hydrogens is 362 g/mol. The number of fused-ring (bicyclic) bond motifs is 1. The lowest BCUT2D eigenvalue weighted by molar-refractivity contribution is -0.123. The molecule has 2 aliphatic rings. The number of para-hydroxylation sites is 2. The van der Waals surface area contributed by atoms with Gasteiger partial charge in [-0.25, -0.2) is 0 Å². The van der Waals surface area contributed by atoms with E-state index in [9.17, 15) is 4.79 Å². The summed E-state index contributed by atoms with van der Waals surface area (Å²) >= 11 is 6.30. The molecule has 142 valence electrons. The molecule has 0 bridgehead atoms. The molecule has 6 heteroatoms. The van der Waals surface area contributed by atoms with Gasteiger partial charge in [0.1, 0.15) is 5.75 Å². The first-order valence-corrected chi connectivity index (χ1v) is 9.81. The molecule has 1 saturated heterocycles. The quantitative estimate of drug-likeness (QED) is 0.878. The molecule has 0 aliphatic carbocycles. The van der Waals surface area contributed by atoms with Crippen LogP contribution in [-0.2, 0) is 4.79 Å². The molecule has 27 heavy (non-hydrogen) atoms. The third-order valence-corrected chi connectivity index (χ3v) is 5.55. The van der Waals surface area contributed by atoms with E-state index in [1.165, 1.54) is 0 Å². The molecule has 4 rings (SSSR count). The zero-order valence-electron chi connectivity index (χ0n) is 15.2. The fourth-order valence-electron chi connectivity index (χ4n) is 3.79. The van der Waals surface area contributed by atoms with Gasteiger partial charge >= 0.3 is 0 Å². The van der Waals surface area contributed by atoms with Gasteiger partial charge in [0, 0.05) is 38.2 Å². The van der Waals surface area contributed by atoms with Crippen LogP contribution in [0.5, 0.6) is 5.75 Å². The minimum atomic E-state index is 0.0341. The predicted octanol–water partition coefficient (Wildman–Crippen LogP) is 3.10. The van der Waals surface area contributed by atoms with Crippen molar-refractivity contribution in [2.45, 2.75) is 12.5 Å². The molecule has 1 atom stereocenters. The third kappa shape index (κ3) is 4.20. The first-order chi connectivity index (χ1) is 13.2. The van der Waals surface area contributed by atoms with Crippen molar-refractivity contribution in [3.8, 4) is 5.75 Å². The minimum absolute atomic E-state index is 0.0341. The van der Waals surface area contributed by atoms with Gasteiger partial charge in [-0.05, 0) is 18.2 Å². The summed E-state index contributed by atoms with van der Waals surface area (Å²) in [6.07, 6.45) is 0.809. The zero-order chi connectivity index (χ0) is 18.6. The average Bonchev–Trinajstić information content (AvgIpc) is 2.69. The van der Waals surface area contributed by atoms with Crippen molar-refractivity contribution >= 4 is 23.2 Å². The first-order valence-electron chi connectivity index (χ1n) is 9.43. The molecule has 1 fully saturated rings. The number of nitrogens with zero attached hydrogens (tertiary/aromatic N) is 2. The first kappa shape index (κ1) is 18.1. The Morgan fingerprint density at radius 3 is 2.63 bits per heavy atom. The third-order valence-electron chi connectivity index (χ3n) is 5.23. The number of hydrogen-bond donors (Lipinski definition) is 1. The summed E-state index contributed by atoms with van der Waals surface area (Å²) in [4.78, 5) is 17.1. The summed E-state index contributed by atoms with van der Waals surface area (Å²) in [5.74, 6) is 0.949. The van der Waals surface area contributed by atoms with Crippen LogP contribution in [0.25, 0.3) is 0 Å². The summed E-state index contributed by atoms with van der Waals surface area (Å²) in [5.41, 5.74) is 2.14. The second kappa shape index (κ2) is 8.19. The van der Waals surface area contributed by atoms with Crippen molar-refractivity contribution in [2.24, 2.45) is 0 Å². The number of rotatable bonds is 4. The van der Waals surface area contributed by atoms with Gasteiger partial charge in [-0.1, -0.05) is 41.9 Å². The summed E-state index contributed by atoms with van der Waals surface area (Å²) in [6.45, 7) is 4.51. The van der Waals surface area contributed by atoms with Gasteiger partial charge < -0.3 is 15.0 Å². The van der Waals surface area contributed by atoms with E-state index < -0.39 is 0 Å². The van der Waals surface area contributed by atoms with Crippen LogP contribution in [0.4, 0.5) is 5.69 Å². The van der Waals surface area contributed by atoms with Gasteiger partial charge in [-0.15, -0.1) is 0 Å². The molecule has 0 saturated carbocycles. The van der Waals surface area contributed by atoms with Crippen molar-refractivity contribution in [1.29, 1.82) is 0 Å². The lowest BCUT2D eigenvalue weighted by Crippen LogP contribution is -2.50. The maximum atomic E-state index is 12.6. The van der Waals surface area contributed by atoms with Crippen LogP contribution in [0, 0.1) is 0 Å². The Kier molecular flexibility index (Phi) is 5.50. The molecule has 0 radical (unpaired) electrons. The smallest absolute Gasteiger partial charge is 0.234 e. The Morgan fingerprint density at radius 2 is 1.81 bits per heavy atom. The molecule has 2 aliphatic heterocycles. The molecule has 2 heterocycles. The van der Waals surface area contributed by atoms with E-state index in [2.05, 4.69) is 15.1 Å². The molecule has 0 aromatic heterocycles. The number of nitrogens with one attached hydrogen (secondary N) is 1. The summed E-state index contributed by atoms with van der Waals surface area (Å²) in [6, 6.07) is 15.9. The van der Waals surface area contributed by atoms with Crippen molar-refractivity contribution in [3.63, 3.8) is 0 Å². The Balaban J connectivity index is 1.30. The van der Waals surface area contributed by atoms with E-state index in [0.717, 1.165) is 54.6 Å². The van der Waals surface area contributed by atoms with Crippen molar-refractivity contribution in [2.75, 3.05) is 44.2 Å². The molecule has 2 aromatic carbocycles. The van der Waals surface area contributed by atoms with Crippen LogP contribution >= 0.6 is 11.6 Å². The number of ether oxygens (including phenoxy) is 1. The van der Waals surface area contributed by atoms with Gasteiger partial charge in [0.25, 0.3) is 0 Å². The second-order valence-corrected chi connectivity index (χ2v) is 7.42. The van der Waals surface area contributed by atoms with Crippen LogP contribution in [-0.4, -0.2) is 50.1 Å². The normalized spacial score (nSPS) is 19.9. The molecule has 2 aromatic rings. The number of amides is 1. The minimum Gasteiger partial charge on any atom is -0.493 e. The average molecular weight is 386 g/mol. The number of halogens is 1. The zero-order valence-corrected chi connectivity index (χ0v) is 16.0. The maximum absolute atomic E-state index is 12.6. The van der Waals surface area contributed by atoms with E-state index in [1.807, 2.05) is 48.5 Å². The standard InChI is InChI=1S/C21H24ClN3O2/c22-17-6-2-3-7-19(17)25-12-10-24(11-13-25)15-21(26)23-18-9-14-27-20-8-4-1-5-16(18)20/h1-8,18H,9-15H2,(H,23,26)/t18-/m0/s1. The molecule has 1 amide bonds. The highest BCUT2D eigenvalue weighted by Crippen LogP contribution is 2.31. The van der Waals surface area contributed by atoms with Crippen LogP contribution in [0.3, 0.4) is 0 Å². The Morgan fingerprint density at radius 1 is 1.07 bits per heavy atom. The fraction of sp³-hybridized carbons (Fsp3) is 0.381. The summed E-state index contributed by atoms with van der Waals surface area (Å²) < 4.78 is 5.67. The molecule has 5 nitrogen and oxygen atoms in total. The van der Waals surface area contributed by atoms with Crippen LogP contribution in [0.1, 0.15) is 18.0 Å². The Hall–Kier alpha value is -2.24. The van der Waals surface area contributed by atoms with E-state index >= 15 is 0 Å². The van der Waals surface area contributed by atoms with Gasteiger partial charge in [-0.2, -0.15) is 0 Å². The number of piperazine rings is 1. The fourth-order valence-corrected chi connectivity index (χ4v) is 4.05. The van der Waals surface area contributed by atoms with Gasteiger partial charge in [0.2, 0.25) is 5.91 Å². The van der Waals surface area contributed by atoms with Crippen molar-refractivity contribution < 1.29 is 9.53 Å². The number of carbonyl (C=O) groups is 1. The highest BCUT2D eigenvalue weighted by atomic mass is 35.5. The van der Waals surface area contributed by atoms with Crippen molar-refractivity contribution in [1.82, 2.24) is 10.2 Å². The summed E-state index contributed by atoms with van der Waals surface area (Å²) in [7, 11) is 0. The lowest BCUT2D eigenvalue weighted by atomic mass is 10.0. The van der Waals surface area contributed by atoms with Crippen molar-refractivity contribution in [3.05, 3.63) is 59.1 Å². The highest BCUT2D eigenvalue weighted by molar-refractivity contribution is 6.33. The largest absolute Gasteiger partial charge is 0.493 e. The van der Waals surface area contributed by atoms with Gasteiger partial charge in [0.05, 0.1) is 29.9 Å². The Labute approximate surface area is 164 Å². The van der Waals surface area contributed by atoms with Crippen LogP contribution < -0.4 is 15.0 Å². The predicted molar refractivity (Wildman–Crippen MR) is 108 cm³/mol.